The van der Waals surface area contributed by atoms with E-state index in [1.165, 1.54) is 12.1 Å². The lowest BCUT2D eigenvalue weighted by Crippen LogP contribution is -2.39. The topological polar surface area (TPSA) is 31.4 Å². The normalized spacial score (nSPS) is 19.4. The van der Waals surface area contributed by atoms with E-state index in [2.05, 4.69) is 67.0 Å². The molecule has 0 bridgehead atoms. The minimum atomic E-state index is 0.413. The summed E-state index contributed by atoms with van der Waals surface area (Å²) < 4.78 is 0. The van der Waals surface area contributed by atoms with Crippen LogP contribution in [-0.2, 0) is 0 Å². The molecule has 112 valence electrons. The molecule has 0 spiro atoms. The van der Waals surface area contributed by atoms with Gasteiger partial charge in [-0.3, -0.25) is 4.90 Å². The van der Waals surface area contributed by atoms with E-state index in [1.54, 1.807) is 0 Å². The second-order valence-corrected chi connectivity index (χ2v) is 6.35. The summed E-state index contributed by atoms with van der Waals surface area (Å²) in [5.41, 5.74) is 1.28. The molecule has 1 unspecified atom stereocenters. The molecule has 0 aromatic carbocycles. The Morgan fingerprint density at radius 2 is 2.10 bits per heavy atom. The Balaban J connectivity index is 2.02. The number of nitrogens with zero attached hydrogens (tertiary/aromatic N) is 3. The highest BCUT2D eigenvalue weighted by Gasteiger charge is 2.27. The molecule has 4 heteroatoms. The zero-order valence-electron chi connectivity index (χ0n) is 13.4. The average molecular weight is 276 g/mol. The summed E-state index contributed by atoms with van der Waals surface area (Å²) in [6.07, 6.45) is 3.14. The van der Waals surface area contributed by atoms with E-state index < -0.39 is 0 Å². The maximum Gasteiger partial charge on any atom is 0.128 e. The van der Waals surface area contributed by atoms with Crippen molar-refractivity contribution >= 4 is 11.5 Å². The molecule has 1 saturated heterocycles. The summed E-state index contributed by atoms with van der Waals surface area (Å²) in [6.45, 7) is 11.0. The second kappa shape index (κ2) is 6.44. The van der Waals surface area contributed by atoms with Gasteiger partial charge >= 0.3 is 0 Å². The lowest BCUT2D eigenvalue weighted by Gasteiger charge is -2.28. The molecule has 4 nitrogen and oxygen atoms in total. The van der Waals surface area contributed by atoms with Crippen molar-refractivity contribution in [1.29, 1.82) is 0 Å². The predicted octanol–water partition coefficient (Wildman–Crippen LogP) is 2.82. The van der Waals surface area contributed by atoms with Crippen molar-refractivity contribution < 1.29 is 0 Å². The van der Waals surface area contributed by atoms with E-state index in [9.17, 15) is 0 Å². The third kappa shape index (κ3) is 3.63. The summed E-state index contributed by atoms with van der Waals surface area (Å²) in [7, 11) is 2.23. The van der Waals surface area contributed by atoms with E-state index in [0.717, 1.165) is 18.9 Å². The van der Waals surface area contributed by atoms with Crippen molar-refractivity contribution in [1.82, 2.24) is 9.88 Å². The first-order valence-corrected chi connectivity index (χ1v) is 7.67. The van der Waals surface area contributed by atoms with Crippen LogP contribution in [0.2, 0.25) is 0 Å². The van der Waals surface area contributed by atoms with Crippen LogP contribution in [0.4, 0.5) is 11.5 Å². The first-order valence-electron chi connectivity index (χ1n) is 7.67. The lowest BCUT2D eigenvalue weighted by atomic mass is 10.2. The average Bonchev–Trinajstić information content (AvgIpc) is 2.86. The van der Waals surface area contributed by atoms with Crippen molar-refractivity contribution in [2.75, 3.05) is 30.4 Å². The van der Waals surface area contributed by atoms with E-state index >= 15 is 0 Å². The van der Waals surface area contributed by atoms with E-state index in [4.69, 9.17) is 0 Å². The fraction of sp³-hybridized carbons (Fsp3) is 0.688. The highest BCUT2D eigenvalue weighted by molar-refractivity contribution is 5.54. The molecule has 1 aromatic rings. The van der Waals surface area contributed by atoms with Gasteiger partial charge in [0.15, 0.2) is 0 Å². The van der Waals surface area contributed by atoms with Gasteiger partial charge < -0.3 is 10.2 Å². The van der Waals surface area contributed by atoms with Crippen molar-refractivity contribution in [3.8, 4) is 0 Å². The number of anilines is 2. The fourth-order valence-corrected chi connectivity index (χ4v) is 2.72. The SMILES string of the molecule is CC(C)Nc1cc(N2CCC(N(C)C(C)C)C2)ccn1. The number of nitrogens with one attached hydrogen (secondary N) is 1. The Morgan fingerprint density at radius 1 is 1.35 bits per heavy atom. The molecule has 20 heavy (non-hydrogen) atoms. The second-order valence-electron chi connectivity index (χ2n) is 6.35. The van der Waals surface area contributed by atoms with Gasteiger partial charge in [-0.05, 0) is 47.2 Å². The molecule has 1 aromatic heterocycles. The van der Waals surface area contributed by atoms with Crippen molar-refractivity contribution in [2.45, 2.75) is 52.2 Å². The van der Waals surface area contributed by atoms with E-state index in [-0.39, 0.29) is 0 Å². The number of pyridine rings is 1. The van der Waals surface area contributed by atoms with Gasteiger partial charge in [0.2, 0.25) is 0 Å². The van der Waals surface area contributed by atoms with Gasteiger partial charge in [-0.15, -0.1) is 0 Å². The molecule has 1 aliphatic heterocycles. The molecule has 2 heterocycles. The van der Waals surface area contributed by atoms with Crippen LogP contribution >= 0.6 is 0 Å². The Hall–Kier alpha value is -1.29. The quantitative estimate of drug-likeness (QED) is 0.896. The van der Waals surface area contributed by atoms with Crippen LogP contribution in [0.5, 0.6) is 0 Å². The summed E-state index contributed by atoms with van der Waals surface area (Å²) in [4.78, 5) is 9.33. The molecule has 0 aliphatic carbocycles. The highest BCUT2D eigenvalue weighted by atomic mass is 15.3. The first kappa shape index (κ1) is 15.1. The monoisotopic (exact) mass is 276 g/mol. The summed E-state index contributed by atoms with van der Waals surface area (Å²) in [5.74, 6) is 0.971. The highest BCUT2D eigenvalue weighted by Crippen LogP contribution is 2.24. The zero-order valence-corrected chi connectivity index (χ0v) is 13.4. The van der Waals surface area contributed by atoms with Crippen LogP contribution in [0.15, 0.2) is 18.3 Å². The Kier molecular flexibility index (Phi) is 4.86. The predicted molar refractivity (Wildman–Crippen MR) is 86.5 cm³/mol. The molecular weight excluding hydrogens is 248 g/mol. The largest absolute Gasteiger partial charge is 0.370 e. The van der Waals surface area contributed by atoms with Crippen molar-refractivity contribution in [2.24, 2.45) is 0 Å². The van der Waals surface area contributed by atoms with Crippen LogP contribution in [0.1, 0.15) is 34.1 Å². The molecule has 1 fully saturated rings. The molecule has 0 radical (unpaired) electrons. The van der Waals surface area contributed by atoms with Crippen LogP contribution in [0.3, 0.4) is 0 Å². The Morgan fingerprint density at radius 3 is 2.75 bits per heavy atom. The van der Waals surface area contributed by atoms with Crippen LogP contribution in [-0.4, -0.2) is 48.1 Å². The number of hydrogen-bond donors (Lipinski definition) is 1. The maximum atomic E-state index is 4.39. The van der Waals surface area contributed by atoms with Crippen molar-refractivity contribution in [3.63, 3.8) is 0 Å². The van der Waals surface area contributed by atoms with Crippen molar-refractivity contribution in [3.05, 3.63) is 18.3 Å². The summed E-state index contributed by atoms with van der Waals surface area (Å²) in [6, 6.07) is 5.96. The molecule has 1 aliphatic rings. The zero-order chi connectivity index (χ0) is 14.7. The third-order valence-corrected chi connectivity index (χ3v) is 4.10. The molecule has 1 atom stereocenters. The number of rotatable bonds is 5. The molecule has 2 rings (SSSR count). The Labute approximate surface area is 123 Å². The van der Waals surface area contributed by atoms with Gasteiger partial charge in [0, 0.05) is 49.2 Å². The van der Waals surface area contributed by atoms with Crippen LogP contribution < -0.4 is 10.2 Å². The van der Waals surface area contributed by atoms with Gasteiger partial charge in [0.05, 0.1) is 0 Å². The van der Waals surface area contributed by atoms with Crippen LogP contribution in [0.25, 0.3) is 0 Å². The minimum Gasteiger partial charge on any atom is -0.370 e. The van der Waals surface area contributed by atoms with Gasteiger partial charge in [-0.2, -0.15) is 0 Å². The minimum absolute atomic E-state index is 0.413. The molecule has 0 amide bonds. The maximum absolute atomic E-state index is 4.39. The van der Waals surface area contributed by atoms with Gasteiger partial charge in [0.1, 0.15) is 5.82 Å². The van der Waals surface area contributed by atoms with Gasteiger partial charge in [0.25, 0.3) is 0 Å². The van der Waals surface area contributed by atoms with E-state index in [1.807, 2.05) is 6.20 Å². The third-order valence-electron chi connectivity index (χ3n) is 4.10. The number of likely N-dealkylation sites (N-methyl/N-ethyl adjacent to an activating group) is 1. The summed E-state index contributed by atoms with van der Waals surface area (Å²) in [5, 5.41) is 3.37. The van der Waals surface area contributed by atoms with Crippen LogP contribution in [0, 0.1) is 0 Å². The fourth-order valence-electron chi connectivity index (χ4n) is 2.72. The molecule has 0 saturated carbocycles. The summed E-state index contributed by atoms with van der Waals surface area (Å²) >= 11 is 0. The smallest absolute Gasteiger partial charge is 0.128 e. The standard InChI is InChI=1S/C16H28N4/c1-12(2)18-16-10-14(6-8-17-16)20-9-7-15(11-20)19(5)13(3)4/h6,8,10,12-13,15H,7,9,11H2,1-5H3,(H,17,18). The first-order chi connectivity index (χ1) is 9.47. The number of hydrogen-bond acceptors (Lipinski definition) is 4. The molecule has 1 N–H and O–H groups in total. The Bertz CT molecular complexity index is 430. The molecular formula is C16H28N4. The van der Waals surface area contributed by atoms with E-state index in [0.29, 0.717) is 18.1 Å². The van der Waals surface area contributed by atoms with Gasteiger partial charge in [-0.1, -0.05) is 0 Å². The number of aromatic nitrogens is 1. The van der Waals surface area contributed by atoms with Gasteiger partial charge in [-0.25, -0.2) is 4.98 Å². The lowest BCUT2D eigenvalue weighted by molar-refractivity contribution is 0.209.